The Kier molecular flexibility index (Phi) is 8.23. The summed E-state index contributed by atoms with van der Waals surface area (Å²) in [5, 5.41) is 17.1. The molecule has 5 rings (SSSR count). The monoisotopic (exact) mass is 658 g/mol. The highest BCUT2D eigenvalue weighted by Crippen LogP contribution is 2.37. The molecule has 9 nitrogen and oxygen atoms in total. The second-order valence-electron chi connectivity index (χ2n) is 9.30. The normalized spacial score (nSPS) is 12.9. The molecule has 236 valence electrons. The molecule has 0 saturated heterocycles. The number of hydrogen-bond donors (Lipinski definition) is 1. The van der Waals surface area contributed by atoms with E-state index in [9.17, 15) is 44.6 Å². The van der Waals surface area contributed by atoms with Crippen molar-refractivity contribution in [2.24, 2.45) is 0 Å². The highest BCUT2D eigenvalue weighted by atomic mass is 32.2. The number of aliphatic hydroxyl groups excluding tert-OH is 1. The molecule has 0 saturated carbocycles. The van der Waals surface area contributed by atoms with Crippen molar-refractivity contribution in [1.29, 1.82) is 0 Å². The van der Waals surface area contributed by atoms with E-state index in [0.29, 0.717) is 6.20 Å². The van der Waals surface area contributed by atoms with Crippen molar-refractivity contribution in [3.8, 4) is 39.5 Å². The molecule has 2 aromatic heterocycles. The zero-order valence-corrected chi connectivity index (χ0v) is 23.1. The zero-order valence-electron chi connectivity index (χ0n) is 22.3. The molecule has 0 aliphatic rings. The lowest BCUT2D eigenvalue weighted by Crippen LogP contribution is -2.17. The van der Waals surface area contributed by atoms with Crippen LogP contribution < -0.4 is 4.74 Å². The Morgan fingerprint density at radius 1 is 0.956 bits per heavy atom. The van der Waals surface area contributed by atoms with Gasteiger partial charge in [0.05, 0.1) is 24.2 Å². The Labute approximate surface area is 249 Å². The van der Waals surface area contributed by atoms with Gasteiger partial charge in [-0.2, -0.15) is 13.2 Å². The van der Waals surface area contributed by atoms with Crippen molar-refractivity contribution in [2.75, 3.05) is 0 Å². The number of aliphatic hydroxyl groups is 1. The molecule has 0 bridgehead atoms. The molecule has 18 heteroatoms. The van der Waals surface area contributed by atoms with Crippen molar-refractivity contribution >= 4 is 11.1 Å². The van der Waals surface area contributed by atoms with Crippen LogP contribution >= 0.6 is 0 Å². The van der Waals surface area contributed by atoms with Crippen LogP contribution in [0, 0.1) is 18.6 Å². The smallest absolute Gasteiger partial charge is 0.573 e. The van der Waals surface area contributed by atoms with Gasteiger partial charge >= 0.3 is 12.5 Å². The van der Waals surface area contributed by atoms with Gasteiger partial charge in [-0.25, -0.2) is 18.4 Å². The van der Waals surface area contributed by atoms with E-state index in [-0.39, 0.29) is 33.9 Å². The zero-order chi connectivity index (χ0) is 32.8. The third-order valence-electron chi connectivity index (χ3n) is 6.44. The van der Waals surface area contributed by atoms with E-state index >= 15 is 4.39 Å². The minimum atomic E-state index is -4.97. The van der Waals surface area contributed by atoms with E-state index in [2.05, 4.69) is 20.0 Å². The summed E-state index contributed by atoms with van der Waals surface area (Å²) in [5.41, 5.74) is -2.86. The summed E-state index contributed by atoms with van der Waals surface area (Å²) in [6, 6.07) is 8.10. The van der Waals surface area contributed by atoms with Gasteiger partial charge < -0.3 is 14.4 Å². The predicted molar refractivity (Wildman–Crippen MR) is 139 cm³/mol. The number of benzene rings is 3. The van der Waals surface area contributed by atoms with Gasteiger partial charge in [0.25, 0.3) is 0 Å². The topological polar surface area (TPSA) is 118 Å². The molecular formula is C27H16F8N5O4S-. The summed E-state index contributed by atoms with van der Waals surface area (Å²) in [7, 11) is 0. The molecule has 1 atom stereocenters. The maximum Gasteiger partial charge on any atom is 0.573 e. The standard InChI is InChI=1S/C27H17F8N5O4S/c1-13-37-24(26(30,31)32)11-39(13)25-20(29)7-15(16-6-19(28)18(12-41)23(9-16)45(42)43)8-21(25)40-22(10-36-38-40)14-2-4-17(5-3-14)44-27(33,34)35/h2-11,41H,12H2,1H3,(H,42,43)/p-1. The summed E-state index contributed by atoms with van der Waals surface area (Å²) >= 11 is -3.03. The highest BCUT2D eigenvalue weighted by molar-refractivity contribution is 7.79. The number of nitrogens with zero attached hydrogens (tertiary/aromatic N) is 5. The molecule has 1 N–H and O–H groups in total. The van der Waals surface area contributed by atoms with Crippen LogP contribution in [0.2, 0.25) is 0 Å². The number of imidazole rings is 1. The first kappa shape index (κ1) is 31.7. The van der Waals surface area contributed by atoms with Gasteiger partial charge in [-0.05, 0) is 77.7 Å². The van der Waals surface area contributed by atoms with Gasteiger partial charge in [-0.3, -0.25) is 8.78 Å². The maximum absolute atomic E-state index is 16.0. The van der Waals surface area contributed by atoms with Gasteiger partial charge in [-0.1, -0.05) is 5.21 Å². The molecule has 0 spiro atoms. The van der Waals surface area contributed by atoms with E-state index in [4.69, 9.17) is 0 Å². The Bertz CT molecular complexity index is 1920. The largest absolute Gasteiger partial charge is 0.768 e. The average Bonchev–Trinajstić information content (AvgIpc) is 3.59. The first-order chi connectivity index (χ1) is 21.1. The molecule has 2 heterocycles. The van der Waals surface area contributed by atoms with Crippen LogP contribution in [0.4, 0.5) is 35.1 Å². The predicted octanol–water partition coefficient (Wildman–Crippen LogP) is 6.02. The molecule has 0 aliphatic carbocycles. The first-order valence-electron chi connectivity index (χ1n) is 12.3. The molecule has 1 unspecified atom stereocenters. The summed E-state index contributed by atoms with van der Waals surface area (Å²) < 4.78 is 138. The van der Waals surface area contributed by atoms with Crippen LogP contribution in [0.25, 0.3) is 33.8 Å². The summed E-state index contributed by atoms with van der Waals surface area (Å²) in [6.07, 6.45) is -8.19. The molecule has 3 aromatic carbocycles. The fourth-order valence-electron chi connectivity index (χ4n) is 4.50. The molecule has 0 fully saturated rings. The van der Waals surface area contributed by atoms with Crippen LogP contribution in [0.5, 0.6) is 5.75 Å². The van der Waals surface area contributed by atoms with Gasteiger partial charge in [0.2, 0.25) is 0 Å². The average molecular weight is 659 g/mol. The van der Waals surface area contributed by atoms with E-state index in [0.717, 1.165) is 51.8 Å². The number of alkyl halides is 6. The van der Waals surface area contributed by atoms with Crippen LogP contribution in [-0.4, -0.2) is 44.8 Å². The fraction of sp³-hybridized carbons (Fsp3) is 0.148. The molecule has 5 aromatic rings. The summed E-state index contributed by atoms with van der Waals surface area (Å²) in [5.74, 6) is -3.17. The van der Waals surface area contributed by atoms with E-state index < -0.39 is 69.5 Å². The molecule has 0 aliphatic heterocycles. The van der Waals surface area contributed by atoms with Crippen LogP contribution in [-0.2, 0) is 23.9 Å². The highest BCUT2D eigenvalue weighted by Gasteiger charge is 2.35. The quantitative estimate of drug-likeness (QED) is 0.168. The Hall–Kier alpha value is -4.68. The van der Waals surface area contributed by atoms with Gasteiger partial charge in [0.1, 0.15) is 28.9 Å². The van der Waals surface area contributed by atoms with Crippen molar-refractivity contribution in [3.63, 3.8) is 0 Å². The summed E-state index contributed by atoms with van der Waals surface area (Å²) in [4.78, 5) is 2.84. The fourth-order valence-corrected chi connectivity index (χ4v) is 5.09. The Morgan fingerprint density at radius 2 is 1.60 bits per heavy atom. The number of halogens is 8. The number of hydrogen-bond acceptors (Lipinski definition) is 7. The summed E-state index contributed by atoms with van der Waals surface area (Å²) in [6.45, 7) is 0.206. The molecular weight excluding hydrogens is 642 g/mol. The number of ether oxygens (including phenoxy) is 1. The lowest BCUT2D eigenvalue weighted by molar-refractivity contribution is -0.274. The van der Waals surface area contributed by atoms with Gasteiger partial charge in [0.15, 0.2) is 5.69 Å². The Morgan fingerprint density at radius 3 is 2.18 bits per heavy atom. The SMILES string of the molecule is Cc1nc(C(F)(F)F)cn1-c1c(F)cc(-c2cc(F)c(CO)c(S(=O)[O-])c2)cc1-n1nncc1-c1ccc(OC(F)(F)F)cc1. The van der Waals surface area contributed by atoms with E-state index in [1.165, 1.54) is 19.1 Å². The third-order valence-corrected chi connectivity index (χ3v) is 7.17. The Balaban J connectivity index is 1.75. The molecule has 45 heavy (non-hydrogen) atoms. The maximum atomic E-state index is 16.0. The van der Waals surface area contributed by atoms with Crippen molar-refractivity contribution in [2.45, 2.75) is 31.0 Å². The van der Waals surface area contributed by atoms with Gasteiger partial charge in [-0.15, -0.1) is 18.3 Å². The van der Waals surface area contributed by atoms with Crippen molar-refractivity contribution in [3.05, 3.63) is 89.6 Å². The van der Waals surface area contributed by atoms with Crippen LogP contribution in [0.3, 0.4) is 0 Å². The lowest BCUT2D eigenvalue weighted by atomic mass is 10.0. The number of rotatable bonds is 7. The second-order valence-corrected chi connectivity index (χ2v) is 10.2. The minimum absolute atomic E-state index is 0.0309. The number of aromatic nitrogens is 5. The van der Waals surface area contributed by atoms with Gasteiger partial charge in [0, 0.05) is 22.2 Å². The van der Waals surface area contributed by atoms with E-state index in [1.807, 2.05) is 0 Å². The van der Waals surface area contributed by atoms with Crippen molar-refractivity contribution < 1.29 is 53.7 Å². The van der Waals surface area contributed by atoms with Crippen LogP contribution in [0.1, 0.15) is 17.1 Å². The van der Waals surface area contributed by atoms with Crippen LogP contribution in [0.15, 0.2) is 65.8 Å². The third kappa shape index (κ3) is 6.43. The van der Waals surface area contributed by atoms with Crippen molar-refractivity contribution in [1.82, 2.24) is 24.5 Å². The second kappa shape index (κ2) is 11.7. The number of aryl methyl sites for hydroxylation is 1. The lowest BCUT2D eigenvalue weighted by Gasteiger charge is -2.18. The minimum Gasteiger partial charge on any atom is -0.768 e. The van der Waals surface area contributed by atoms with E-state index in [1.54, 1.807) is 0 Å². The first-order valence-corrected chi connectivity index (χ1v) is 13.4. The molecule has 0 amide bonds. The molecule has 0 radical (unpaired) electrons.